The van der Waals surface area contributed by atoms with E-state index in [1.54, 1.807) is 61.5 Å². The third-order valence-corrected chi connectivity index (χ3v) is 7.51. The van der Waals surface area contributed by atoms with Gasteiger partial charge in [0.25, 0.3) is 11.8 Å². The van der Waals surface area contributed by atoms with E-state index < -0.39 is 40.5 Å². The summed E-state index contributed by atoms with van der Waals surface area (Å²) in [5, 5.41) is 26.1. The Hall–Kier alpha value is -5.13. The van der Waals surface area contributed by atoms with Crippen molar-refractivity contribution in [3.8, 4) is 5.75 Å². The Morgan fingerprint density at radius 1 is 0.886 bits per heavy atom. The van der Waals surface area contributed by atoms with Crippen LogP contribution in [0, 0.1) is 5.82 Å². The summed E-state index contributed by atoms with van der Waals surface area (Å²) in [5.41, 5.74) is 0.120. The summed E-state index contributed by atoms with van der Waals surface area (Å²) in [7, 11) is 0. The van der Waals surface area contributed by atoms with Gasteiger partial charge in [0.2, 0.25) is 5.91 Å². The number of hydrogen-bond acceptors (Lipinski definition) is 6. The highest BCUT2D eigenvalue weighted by molar-refractivity contribution is 8.00. The van der Waals surface area contributed by atoms with Crippen molar-refractivity contribution in [1.82, 2.24) is 5.32 Å². The summed E-state index contributed by atoms with van der Waals surface area (Å²) in [6.45, 7) is 1.64. The average Bonchev–Trinajstić information content (AvgIpc) is 2.99. The maximum Gasteiger partial charge on any atom is 0.339 e. The van der Waals surface area contributed by atoms with Crippen LogP contribution in [0.4, 0.5) is 15.8 Å². The second-order valence-corrected chi connectivity index (χ2v) is 11.1. The number of nitrogens with one attached hydrogen (secondary N) is 3. The van der Waals surface area contributed by atoms with Crippen LogP contribution in [0.1, 0.15) is 33.2 Å². The minimum Gasteiger partial charge on any atom is -0.507 e. The van der Waals surface area contributed by atoms with Gasteiger partial charge in [-0.15, -0.1) is 11.8 Å². The summed E-state index contributed by atoms with van der Waals surface area (Å²) >= 11 is 7.33. The summed E-state index contributed by atoms with van der Waals surface area (Å²) < 4.78 is 14.6. The molecule has 0 heterocycles. The molecule has 4 aromatic rings. The van der Waals surface area contributed by atoms with Crippen LogP contribution < -0.4 is 16.0 Å². The van der Waals surface area contributed by atoms with Gasteiger partial charge in [-0.3, -0.25) is 14.4 Å². The minimum absolute atomic E-state index is 0.0430. The number of amides is 3. The predicted molar refractivity (Wildman–Crippen MR) is 167 cm³/mol. The maximum absolute atomic E-state index is 14.6. The Morgan fingerprint density at radius 3 is 2.30 bits per heavy atom. The fourth-order valence-electron chi connectivity index (χ4n) is 3.87. The van der Waals surface area contributed by atoms with Gasteiger partial charge in [-0.2, -0.15) is 0 Å². The number of aromatic carboxylic acids is 1. The molecule has 1 unspecified atom stereocenters. The van der Waals surface area contributed by atoms with Crippen LogP contribution in [0.5, 0.6) is 5.75 Å². The van der Waals surface area contributed by atoms with Gasteiger partial charge in [-0.25, -0.2) is 9.18 Å². The number of hydrogen-bond donors (Lipinski definition) is 5. The zero-order valence-corrected chi connectivity index (χ0v) is 24.6. The Bertz CT molecular complexity index is 1750. The van der Waals surface area contributed by atoms with Crippen LogP contribution >= 0.6 is 23.4 Å². The van der Waals surface area contributed by atoms with Crippen molar-refractivity contribution in [3.05, 3.63) is 124 Å². The molecule has 5 N–H and O–H groups in total. The number of thioether (sulfide) groups is 1. The lowest BCUT2D eigenvalue weighted by Crippen LogP contribution is -2.30. The SMILES string of the molecule is CC(Sc1cccc(NC(=O)/C(=C\c2c(F)cccc2Cl)NC(=O)c2ccccc2)c1)C(=O)Nc1ccc(O)c(C(=O)O)c1. The number of phenols is 1. The summed E-state index contributed by atoms with van der Waals surface area (Å²) in [4.78, 5) is 50.9. The first-order valence-corrected chi connectivity index (χ1v) is 14.2. The standard InChI is InChI=1S/C32H25ClFN3O6S/c1-18(29(39)35-21-13-14-28(38)24(16-21)32(42)43)44-22-10-5-9-20(15-22)36-31(41)27(17-23-25(33)11-6-12-26(23)34)37-30(40)19-7-3-2-4-8-19/h2-18,38H,1H3,(H,35,39)(H,36,41)(H,37,40)(H,42,43)/b27-17+. The second kappa shape index (κ2) is 14.4. The lowest BCUT2D eigenvalue weighted by molar-refractivity contribution is -0.115. The molecule has 44 heavy (non-hydrogen) atoms. The Kier molecular flexibility index (Phi) is 10.4. The Morgan fingerprint density at radius 2 is 1.59 bits per heavy atom. The third kappa shape index (κ3) is 8.24. The molecule has 224 valence electrons. The second-order valence-electron chi connectivity index (χ2n) is 9.28. The van der Waals surface area contributed by atoms with Crippen LogP contribution in [0.25, 0.3) is 6.08 Å². The number of benzene rings is 4. The molecule has 0 bridgehead atoms. The van der Waals surface area contributed by atoms with Gasteiger partial charge in [0.15, 0.2) is 0 Å². The topological polar surface area (TPSA) is 145 Å². The smallest absolute Gasteiger partial charge is 0.339 e. The van der Waals surface area contributed by atoms with Crippen LogP contribution in [0.15, 0.2) is 102 Å². The fraction of sp³-hybridized carbons (Fsp3) is 0.0625. The molecule has 4 rings (SSSR count). The van der Waals surface area contributed by atoms with E-state index in [1.807, 2.05) is 0 Å². The molecular formula is C32H25ClFN3O6S. The number of anilines is 2. The van der Waals surface area contributed by atoms with Crippen LogP contribution in [0.3, 0.4) is 0 Å². The first-order chi connectivity index (χ1) is 21.0. The monoisotopic (exact) mass is 633 g/mol. The molecule has 0 spiro atoms. The fourth-order valence-corrected chi connectivity index (χ4v) is 5.01. The summed E-state index contributed by atoms with van der Waals surface area (Å²) in [5.74, 6) is -4.22. The van der Waals surface area contributed by atoms with Crippen LogP contribution in [0.2, 0.25) is 5.02 Å². The van der Waals surface area contributed by atoms with Crippen molar-refractivity contribution in [2.45, 2.75) is 17.1 Å². The molecule has 12 heteroatoms. The van der Waals surface area contributed by atoms with Gasteiger partial charge < -0.3 is 26.2 Å². The highest BCUT2D eigenvalue weighted by atomic mass is 35.5. The molecule has 4 aromatic carbocycles. The first-order valence-electron chi connectivity index (χ1n) is 13.0. The molecule has 1 atom stereocenters. The molecule has 0 aromatic heterocycles. The van der Waals surface area contributed by atoms with Crippen molar-refractivity contribution in [3.63, 3.8) is 0 Å². The van der Waals surface area contributed by atoms with E-state index in [2.05, 4.69) is 16.0 Å². The molecule has 0 aliphatic carbocycles. The van der Waals surface area contributed by atoms with Crippen molar-refractivity contribution in [2.24, 2.45) is 0 Å². The van der Waals surface area contributed by atoms with Crippen molar-refractivity contribution < 1.29 is 33.8 Å². The maximum atomic E-state index is 14.6. The zero-order valence-electron chi connectivity index (χ0n) is 23.0. The number of aromatic hydroxyl groups is 1. The van der Waals surface area contributed by atoms with Crippen molar-refractivity contribution in [1.29, 1.82) is 0 Å². The van der Waals surface area contributed by atoms with Gasteiger partial charge in [0, 0.05) is 27.4 Å². The number of halogens is 2. The molecule has 3 amide bonds. The number of carboxylic acid groups (broad SMARTS) is 1. The van der Waals surface area contributed by atoms with E-state index in [0.29, 0.717) is 10.6 Å². The first kappa shape index (κ1) is 31.8. The molecule has 0 saturated carbocycles. The summed E-state index contributed by atoms with van der Waals surface area (Å²) in [6, 6.07) is 22.5. The van der Waals surface area contributed by atoms with Crippen LogP contribution in [-0.4, -0.2) is 39.2 Å². The number of carbonyl (C=O) groups excluding carboxylic acids is 3. The summed E-state index contributed by atoms with van der Waals surface area (Å²) in [6.07, 6.45) is 1.15. The van der Waals surface area contributed by atoms with Crippen LogP contribution in [-0.2, 0) is 9.59 Å². The molecule has 0 aliphatic rings. The largest absolute Gasteiger partial charge is 0.507 e. The van der Waals surface area contributed by atoms with E-state index >= 15 is 0 Å². The van der Waals surface area contributed by atoms with Gasteiger partial charge >= 0.3 is 5.97 Å². The van der Waals surface area contributed by atoms with Crippen molar-refractivity contribution in [2.75, 3.05) is 10.6 Å². The van der Waals surface area contributed by atoms with E-state index in [9.17, 15) is 33.8 Å². The quantitative estimate of drug-likeness (QED) is 0.0771. The highest BCUT2D eigenvalue weighted by Crippen LogP contribution is 2.28. The van der Waals surface area contributed by atoms with E-state index in [-0.39, 0.29) is 33.1 Å². The molecule has 0 aliphatic heterocycles. The van der Waals surface area contributed by atoms with E-state index in [0.717, 1.165) is 12.1 Å². The molecule has 0 saturated heterocycles. The number of rotatable bonds is 10. The van der Waals surface area contributed by atoms with E-state index in [1.165, 1.54) is 42.1 Å². The minimum atomic E-state index is -1.34. The zero-order chi connectivity index (χ0) is 31.8. The molecular weight excluding hydrogens is 609 g/mol. The van der Waals surface area contributed by atoms with Gasteiger partial charge in [-0.05, 0) is 73.7 Å². The Labute approximate surface area is 260 Å². The lowest BCUT2D eigenvalue weighted by atomic mass is 10.1. The van der Waals surface area contributed by atoms with Gasteiger partial charge in [0.05, 0.1) is 10.3 Å². The average molecular weight is 634 g/mol. The van der Waals surface area contributed by atoms with E-state index in [4.69, 9.17) is 11.6 Å². The molecule has 9 nitrogen and oxygen atoms in total. The van der Waals surface area contributed by atoms with Gasteiger partial charge in [-0.1, -0.05) is 41.9 Å². The van der Waals surface area contributed by atoms with Gasteiger partial charge in [0.1, 0.15) is 22.8 Å². The lowest BCUT2D eigenvalue weighted by Gasteiger charge is -2.15. The highest BCUT2D eigenvalue weighted by Gasteiger charge is 2.19. The third-order valence-electron chi connectivity index (χ3n) is 6.09. The molecule has 0 fully saturated rings. The predicted octanol–water partition coefficient (Wildman–Crippen LogP) is 6.41. The number of carboxylic acids is 1. The van der Waals surface area contributed by atoms with Crippen molar-refractivity contribution >= 4 is 64.5 Å². The Balaban J connectivity index is 1.50. The normalized spacial score (nSPS) is 11.8. The molecule has 0 radical (unpaired) electrons. The number of carbonyl (C=O) groups is 4.